The first-order valence-corrected chi connectivity index (χ1v) is 6.30. The second-order valence-corrected chi connectivity index (χ2v) is 5.15. The molecule has 2 saturated carbocycles. The molecule has 3 atom stereocenters. The third-order valence-corrected chi connectivity index (χ3v) is 4.10. The lowest BCUT2D eigenvalue weighted by Crippen LogP contribution is -2.10. The van der Waals surface area contributed by atoms with Crippen molar-refractivity contribution in [3.05, 3.63) is 11.7 Å². The smallest absolute Gasteiger partial charge is 0.226 e. The Labute approximate surface area is 95.0 Å². The van der Waals surface area contributed by atoms with Crippen molar-refractivity contribution in [2.75, 3.05) is 6.61 Å². The van der Waals surface area contributed by atoms with Gasteiger partial charge in [-0.3, -0.25) is 0 Å². The van der Waals surface area contributed by atoms with Crippen LogP contribution in [0.3, 0.4) is 0 Å². The molecule has 3 rings (SSSR count). The van der Waals surface area contributed by atoms with E-state index < -0.39 is 0 Å². The van der Waals surface area contributed by atoms with Crippen LogP contribution >= 0.6 is 0 Å². The van der Waals surface area contributed by atoms with Crippen molar-refractivity contribution in [2.45, 2.75) is 44.4 Å². The maximum Gasteiger partial charge on any atom is 0.226 e. The predicted molar refractivity (Wildman–Crippen MR) is 57.9 cm³/mol. The Kier molecular flexibility index (Phi) is 2.67. The number of nitrogens with zero attached hydrogens (tertiary/aromatic N) is 2. The zero-order chi connectivity index (χ0) is 11.0. The van der Waals surface area contributed by atoms with E-state index in [-0.39, 0.29) is 6.61 Å². The first kappa shape index (κ1) is 10.3. The van der Waals surface area contributed by atoms with Crippen molar-refractivity contribution in [3.8, 4) is 0 Å². The molecule has 2 fully saturated rings. The molecule has 2 aliphatic carbocycles. The highest BCUT2D eigenvalue weighted by Gasteiger charge is 2.42. The second-order valence-electron chi connectivity index (χ2n) is 5.15. The van der Waals surface area contributed by atoms with E-state index in [4.69, 9.17) is 9.63 Å². The minimum atomic E-state index is 0.186. The molecule has 1 N–H and O–H groups in total. The fourth-order valence-electron chi connectivity index (χ4n) is 3.31. The lowest BCUT2D eigenvalue weighted by Gasteiger charge is -2.17. The molecule has 0 saturated heterocycles. The van der Waals surface area contributed by atoms with E-state index in [1.54, 1.807) is 0 Å². The average molecular weight is 222 g/mol. The molecule has 4 heteroatoms. The molecule has 1 aromatic heterocycles. The van der Waals surface area contributed by atoms with E-state index in [1.165, 1.54) is 25.7 Å². The van der Waals surface area contributed by atoms with Crippen LogP contribution in [-0.4, -0.2) is 21.9 Å². The van der Waals surface area contributed by atoms with Crippen LogP contribution in [0, 0.1) is 11.8 Å². The van der Waals surface area contributed by atoms with Gasteiger partial charge in [0.25, 0.3) is 0 Å². The zero-order valence-corrected chi connectivity index (χ0v) is 9.43. The van der Waals surface area contributed by atoms with E-state index in [9.17, 15) is 0 Å². The summed E-state index contributed by atoms with van der Waals surface area (Å²) in [7, 11) is 0. The average Bonchev–Trinajstić information content (AvgIpc) is 3.01. The Hall–Kier alpha value is -0.900. The monoisotopic (exact) mass is 222 g/mol. The van der Waals surface area contributed by atoms with Crippen LogP contribution < -0.4 is 0 Å². The molecule has 1 heterocycles. The molecular formula is C12H18N2O2. The van der Waals surface area contributed by atoms with Crippen LogP contribution in [-0.2, 0) is 6.42 Å². The van der Waals surface area contributed by atoms with Gasteiger partial charge in [-0.2, -0.15) is 4.98 Å². The summed E-state index contributed by atoms with van der Waals surface area (Å²) in [5.74, 6) is 3.86. The number of fused-ring (bicyclic) bond motifs is 2. The molecule has 16 heavy (non-hydrogen) atoms. The molecule has 0 radical (unpaired) electrons. The molecule has 0 spiro atoms. The van der Waals surface area contributed by atoms with Crippen LogP contribution in [0.4, 0.5) is 0 Å². The van der Waals surface area contributed by atoms with Gasteiger partial charge >= 0.3 is 0 Å². The number of hydrogen-bond donors (Lipinski definition) is 1. The number of aryl methyl sites for hydroxylation is 1. The van der Waals surface area contributed by atoms with Gasteiger partial charge in [0.05, 0.1) is 0 Å². The van der Waals surface area contributed by atoms with Gasteiger partial charge in [-0.05, 0) is 37.5 Å². The summed E-state index contributed by atoms with van der Waals surface area (Å²) < 4.78 is 5.21. The lowest BCUT2D eigenvalue weighted by atomic mass is 9.88. The molecule has 3 unspecified atom stereocenters. The molecule has 0 aliphatic heterocycles. The topological polar surface area (TPSA) is 59.2 Å². The van der Waals surface area contributed by atoms with Crippen molar-refractivity contribution in [1.29, 1.82) is 0 Å². The van der Waals surface area contributed by atoms with Gasteiger partial charge in [0.1, 0.15) is 0 Å². The number of aromatic nitrogens is 2. The lowest BCUT2D eigenvalue weighted by molar-refractivity contribution is 0.278. The Balaban J connectivity index is 1.68. The van der Waals surface area contributed by atoms with Crippen molar-refractivity contribution in [3.63, 3.8) is 0 Å². The van der Waals surface area contributed by atoms with Gasteiger partial charge in [0.15, 0.2) is 5.82 Å². The van der Waals surface area contributed by atoms with Crippen molar-refractivity contribution >= 4 is 0 Å². The highest BCUT2D eigenvalue weighted by Crippen LogP contribution is 2.52. The molecule has 2 aliphatic rings. The minimum absolute atomic E-state index is 0.186. The maximum absolute atomic E-state index is 8.74. The quantitative estimate of drug-likeness (QED) is 0.845. The number of rotatable bonds is 4. The summed E-state index contributed by atoms with van der Waals surface area (Å²) in [5, 5.41) is 12.8. The molecular weight excluding hydrogens is 204 g/mol. The highest BCUT2D eigenvalue weighted by atomic mass is 16.5. The summed E-state index contributed by atoms with van der Waals surface area (Å²) in [6.07, 6.45) is 6.77. The van der Waals surface area contributed by atoms with E-state index >= 15 is 0 Å². The fraction of sp³-hybridized carbons (Fsp3) is 0.833. The Morgan fingerprint density at radius 3 is 2.94 bits per heavy atom. The first-order chi connectivity index (χ1) is 7.86. The fourth-order valence-corrected chi connectivity index (χ4v) is 3.31. The number of aliphatic hydroxyl groups excluding tert-OH is 1. The third-order valence-electron chi connectivity index (χ3n) is 4.10. The molecule has 0 aromatic carbocycles. The number of hydrogen-bond acceptors (Lipinski definition) is 4. The van der Waals surface area contributed by atoms with E-state index in [0.717, 1.165) is 17.7 Å². The summed E-state index contributed by atoms with van der Waals surface area (Å²) >= 11 is 0. The van der Waals surface area contributed by atoms with Gasteiger partial charge < -0.3 is 9.63 Å². The van der Waals surface area contributed by atoms with Gasteiger partial charge in [0, 0.05) is 18.9 Å². The largest absolute Gasteiger partial charge is 0.396 e. The van der Waals surface area contributed by atoms with Gasteiger partial charge in [-0.25, -0.2) is 0 Å². The molecule has 1 aromatic rings. The van der Waals surface area contributed by atoms with Gasteiger partial charge in [0.2, 0.25) is 5.89 Å². The van der Waals surface area contributed by atoms with Crippen LogP contribution in [0.2, 0.25) is 0 Å². The van der Waals surface area contributed by atoms with Crippen LogP contribution in [0.25, 0.3) is 0 Å². The van der Waals surface area contributed by atoms with Crippen LogP contribution in [0.15, 0.2) is 4.52 Å². The minimum Gasteiger partial charge on any atom is -0.396 e. The van der Waals surface area contributed by atoms with Gasteiger partial charge in [-0.15, -0.1) is 0 Å². The Morgan fingerprint density at radius 1 is 1.31 bits per heavy atom. The summed E-state index contributed by atoms with van der Waals surface area (Å²) in [6.45, 7) is 0.186. The molecule has 4 nitrogen and oxygen atoms in total. The highest BCUT2D eigenvalue weighted by molar-refractivity contribution is 5.06. The van der Waals surface area contributed by atoms with Crippen LogP contribution in [0.5, 0.6) is 0 Å². The van der Waals surface area contributed by atoms with E-state index in [0.29, 0.717) is 24.7 Å². The van der Waals surface area contributed by atoms with Crippen molar-refractivity contribution in [1.82, 2.24) is 10.1 Å². The van der Waals surface area contributed by atoms with Crippen molar-refractivity contribution < 1.29 is 9.63 Å². The zero-order valence-electron chi connectivity index (χ0n) is 9.43. The number of aliphatic hydroxyl groups is 1. The van der Waals surface area contributed by atoms with E-state index in [1.807, 2.05) is 0 Å². The normalized spacial score (nSPS) is 32.4. The Bertz CT molecular complexity index is 364. The first-order valence-electron chi connectivity index (χ1n) is 6.30. The van der Waals surface area contributed by atoms with Gasteiger partial charge in [-0.1, -0.05) is 11.6 Å². The summed E-state index contributed by atoms with van der Waals surface area (Å²) in [5.41, 5.74) is 0. The van der Waals surface area contributed by atoms with E-state index in [2.05, 4.69) is 10.1 Å². The summed E-state index contributed by atoms with van der Waals surface area (Å²) in [6, 6.07) is 0. The van der Waals surface area contributed by atoms with Crippen molar-refractivity contribution in [2.24, 2.45) is 11.8 Å². The SMILES string of the molecule is OCCCc1nc(C2CC3CCC2C3)no1. The molecule has 0 amide bonds. The second kappa shape index (κ2) is 4.17. The third kappa shape index (κ3) is 1.75. The molecule has 88 valence electrons. The van der Waals surface area contributed by atoms with Crippen LogP contribution in [0.1, 0.15) is 49.7 Å². The molecule has 2 bridgehead atoms. The predicted octanol–water partition coefficient (Wildman–Crippen LogP) is 1.90. The Morgan fingerprint density at radius 2 is 2.25 bits per heavy atom. The standard InChI is InChI=1S/C12H18N2O2/c15-5-1-2-11-13-12(14-16-11)10-7-8-3-4-9(10)6-8/h8-10,15H,1-7H2. The maximum atomic E-state index is 8.74. The summed E-state index contributed by atoms with van der Waals surface area (Å²) in [4.78, 5) is 4.46.